The maximum atomic E-state index is 13.1. The van der Waals surface area contributed by atoms with Gasteiger partial charge in [-0.05, 0) is 59.8 Å². The highest BCUT2D eigenvalue weighted by atomic mass is 35.5. The van der Waals surface area contributed by atoms with Crippen LogP contribution >= 0.6 is 23.4 Å². The number of rotatable bonds is 4. The molecule has 2 aromatic rings. The first kappa shape index (κ1) is 19.9. The van der Waals surface area contributed by atoms with Crippen LogP contribution in [-0.2, 0) is 4.79 Å². The van der Waals surface area contributed by atoms with Crippen molar-refractivity contribution >= 4 is 46.3 Å². The van der Waals surface area contributed by atoms with Crippen LogP contribution in [0.2, 0.25) is 5.02 Å². The Kier molecular flexibility index (Phi) is 5.89. The Morgan fingerprint density at radius 3 is 2.28 bits per heavy atom. The molecule has 0 radical (unpaired) electrons. The van der Waals surface area contributed by atoms with Gasteiger partial charge in [0.2, 0.25) is 0 Å². The highest BCUT2D eigenvalue weighted by molar-refractivity contribution is 8.18. The zero-order valence-corrected chi connectivity index (χ0v) is 17.1. The van der Waals surface area contributed by atoms with E-state index in [2.05, 4.69) is 9.80 Å². The number of carbonyl (C=O) groups excluding carboxylic acids is 2. The molecular formula is C21H19ClFN3O2S. The topological polar surface area (TPSA) is 43.9 Å². The van der Waals surface area contributed by atoms with Crippen LogP contribution in [0, 0.1) is 5.82 Å². The van der Waals surface area contributed by atoms with Crippen LogP contribution in [0.25, 0.3) is 6.08 Å². The van der Waals surface area contributed by atoms with Gasteiger partial charge in [-0.25, -0.2) is 4.39 Å². The number of nitrogens with zero attached hydrogens (tertiary/aromatic N) is 3. The van der Waals surface area contributed by atoms with Crippen molar-refractivity contribution in [1.29, 1.82) is 0 Å². The summed E-state index contributed by atoms with van der Waals surface area (Å²) in [5.41, 5.74) is 1.80. The van der Waals surface area contributed by atoms with Gasteiger partial charge in [-0.1, -0.05) is 23.7 Å². The number of hydrogen-bond donors (Lipinski definition) is 0. The van der Waals surface area contributed by atoms with Gasteiger partial charge in [-0.15, -0.1) is 0 Å². The number of piperazine rings is 1. The van der Waals surface area contributed by atoms with Crippen molar-refractivity contribution in [2.45, 2.75) is 0 Å². The standard InChI is InChI=1S/C21H19ClFN3O2S/c22-16-3-1-15(2-4-16)13-19-20(27)26(21(28)29-19)14-24-9-11-25(12-10-24)18-7-5-17(23)6-8-18/h1-8,13H,9-12,14H2/b19-13+. The maximum Gasteiger partial charge on any atom is 0.294 e. The second-order valence-corrected chi connectivity index (χ2v) is 8.31. The van der Waals surface area contributed by atoms with E-state index in [0.29, 0.717) is 9.93 Å². The number of imide groups is 1. The van der Waals surface area contributed by atoms with Crippen molar-refractivity contribution in [3.8, 4) is 0 Å². The SMILES string of the molecule is O=C1S/C(=C/c2ccc(Cl)cc2)C(=O)N1CN1CCN(c2ccc(F)cc2)CC1. The van der Waals surface area contributed by atoms with Crippen LogP contribution < -0.4 is 4.90 Å². The summed E-state index contributed by atoms with van der Waals surface area (Å²) in [5.74, 6) is -0.519. The summed E-state index contributed by atoms with van der Waals surface area (Å²) in [7, 11) is 0. The second-order valence-electron chi connectivity index (χ2n) is 6.88. The Labute approximate surface area is 177 Å². The summed E-state index contributed by atoms with van der Waals surface area (Å²) < 4.78 is 13.1. The largest absolute Gasteiger partial charge is 0.369 e. The van der Waals surface area contributed by atoms with Crippen LogP contribution in [0.15, 0.2) is 53.4 Å². The first-order valence-corrected chi connectivity index (χ1v) is 10.4. The van der Waals surface area contributed by atoms with E-state index in [1.807, 2.05) is 12.1 Å². The lowest BCUT2D eigenvalue weighted by atomic mass is 10.2. The van der Waals surface area contributed by atoms with Crippen LogP contribution in [0.5, 0.6) is 0 Å². The lowest BCUT2D eigenvalue weighted by molar-refractivity contribution is -0.124. The average molecular weight is 432 g/mol. The van der Waals surface area contributed by atoms with Crippen molar-refractivity contribution in [3.63, 3.8) is 0 Å². The molecule has 2 aromatic carbocycles. The molecule has 0 saturated carbocycles. The zero-order valence-electron chi connectivity index (χ0n) is 15.6. The Balaban J connectivity index is 1.36. The summed E-state index contributed by atoms with van der Waals surface area (Å²) in [6, 6.07) is 13.6. The molecule has 2 amide bonds. The molecular weight excluding hydrogens is 413 g/mol. The summed E-state index contributed by atoms with van der Waals surface area (Å²) in [6.45, 7) is 3.22. The minimum atomic E-state index is -0.268. The summed E-state index contributed by atoms with van der Waals surface area (Å²) in [5, 5.41) is 0.367. The number of hydrogen-bond acceptors (Lipinski definition) is 5. The number of anilines is 1. The van der Waals surface area contributed by atoms with E-state index >= 15 is 0 Å². The third-order valence-corrected chi connectivity index (χ3v) is 6.11. The van der Waals surface area contributed by atoms with E-state index in [9.17, 15) is 14.0 Å². The molecule has 4 rings (SSSR count). The second kappa shape index (κ2) is 8.57. The minimum absolute atomic E-state index is 0.251. The predicted molar refractivity (Wildman–Crippen MR) is 114 cm³/mol. The van der Waals surface area contributed by atoms with Gasteiger partial charge in [0, 0.05) is 36.9 Å². The molecule has 0 spiro atoms. The Hall–Kier alpha value is -2.35. The molecule has 0 bridgehead atoms. The molecule has 0 aliphatic carbocycles. The van der Waals surface area contributed by atoms with E-state index in [4.69, 9.17) is 11.6 Å². The van der Waals surface area contributed by atoms with Crippen molar-refractivity contribution in [2.75, 3.05) is 37.7 Å². The Morgan fingerprint density at radius 2 is 1.62 bits per heavy atom. The summed E-state index contributed by atoms with van der Waals surface area (Å²) >= 11 is 6.85. The highest BCUT2D eigenvalue weighted by Gasteiger charge is 2.36. The molecule has 5 nitrogen and oxygen atoms in total. The number of amides is 2. The number of carbonyl (C=O) groups is 2. The molecule has 2 aliphatic heterocycles. The van der Waals surface area contributed by atoms with Gasteiger partial charge in [0.05, 0.1) is 11.6 Å². The van der Waals surface area contributed by atoms with Crippen LogP contribution in [0.4, 0.5) is 14.9 Å². The minimum Gasteiger partial charge on any atom is -0.369 e. The third-order valence-electron chi connectivity index (χ3n) is 4.95. The molecule has 0 N–H and O–H groups in total. The van der Waals surface area contributed by atoms with Crippen molar-refractivity contribution in [1.82, 2.24) is 9.80 Å². The van der Waals surface area contributed by atoms with Crippen LogP contribution in [0.3, 0.4) is 0 Å². The van der Waals surface area contributed by atoms with Crippen LogP contribution in [0.1, 0.15) is 5.56 Å². The average Bonchev–Trinajstić information content (AvgIpc) is 2.98. The van der Waals surface area contributed by atoms with Gasteiger partial charge in [-0.2, -0.15) is 0 Å². The molecule has 0 unspecified atom stereocenters. The maximum absolute atomic E-state index is 13.1. The van der Waals surface area contributed by atoms with Crippen molar-refractivity contribution < 1.29 is 14.0 Å². The van der Waals surface area contributed by atoms with E-state index in [0.717, 1.165) is 49.2 Å². The molecule has 29 heavy (non-hydrogen) atoms. The molecule has 2 aliphatic rings. The smallest absolute Gasteiger partial charge is 0.294 e. The number of halogens is 2. The van der Waals surface area contributed by atoms with Gasteiger partial charge in [0.25, 0.3) is 11.1 Å². The summed E-state index contributed by atoms with van der Waals surface area (Å²) in [4.78, 5) is 31.0. The number of thioether (sulfide) groups is 1. The fourth-order valence-corrected chi connectivity index (χ4v) is 4.29. The van der Waals surface area contributed by atoms with E-state index < -0.39 is 0 Å². The first-order chi connectivity index (χ1) is 14.0. The quantitative estimate of drug-likeness (QED) is 0.675. The van der Waals surface area contributed by atoms with Crippen LogP contribution in [-0.4, -0.2) is 53.8 Å². The molecule has 0 atom stereocenters. The van der Waals surface area contributed by atoms with E-state index in [1.165, 1.54) is 17.0 Å². The highest BCUT2D eigenvalue weighted by Crippen LogP contribution is 2.32. The monoisotopic (exact) mass is 431 g/mol. The predicted octanol–water partition coefficient (Wildman–Crippen LogP) is 4.30. The zero-order chi connectivity index (χ0) is 20.4. The molecule has 2 saturated heterocycles. The molecule has 8 heteroatoms. The van der Waals surface area contributed by atoms with Gasteiger partial charge in [0.15, 0.2) is 0 Å². The normalized spacial score (nSPS) is 19.4. The van der Waals surface area contributed by atoms with Gasteiger partial charge in [0.1, 0.15) is 5.82 Å². The fourth-order valence-electron chi connectivity index (χ4n) is 3.33. The third kappa shape index (κ3) is 4.63. The number of benzene rings is 2. The fraction of sp³-hybridized carbons (Fsp3) is 0.238. The van der Waals surface area contributed by atoms with Gasteiger partial charge in [-0.3, -0.25) is 19.4 Å². The first-order valence-electron chi connectivity index (χ1n) is 9.23. The van der Waals surface area contributed by atoms with Crippen molar-refractivity contribution in [2.24, 2.45) is 0 Å². The lowest BCUT2D eigenvalue weighted by Gasteiger charge is -2.37. The van der Waals surface area contributed by atoms with Gasteiger partial charge >= 0.3 is 0 Å². The molecule has 0 aromatic heterocycles. The van der Waals surface area contributed by atoms with E-state index in [1.54, 1.807) is 30.3 Å². The molecule has 150 valence electrons. The van der Waals surface area contributed by atoms with E-state index in [-0.39, 0.29) is 23.6 Å². The Morgan fingerprint density at radius 1 is 0.966 bits per heavy atom. The molecule has 2 fully saturated rings. The molecule has 2 heterocycles. The van der Waals surface area contributed by atoms with Crippen molar-refractivity contribution in [3.05, 3.63) is 69.8 Å². The summed E-state index contributed by atoms with van der Waals surface area (Å²) in [6.07, 6.45) is 1.72. The Bertz CT molecular complexity index is 941. The lowest BCUT2D eigenvalue weighted by Crippen LogP contribution is -2.50. The van der Waals surface area contributed by atoms with Gasteiger partial charge < -0.3 is 4.90 Å².